The average molecular weight is 391 g/mol. The van der Waals surface area contributed by atoms with Crippen LogP contribution in [0.3, 0.4) is 0 Å². The third kappa shape index (κ3) is 4.09. The van der Waals surface area contributed by atoms with Crippen molar-refractivity contribution in [3.05, 3.63) is 53.6 Å². The van der Waals surface area contributed by atoms with Crippen molar-refractivity contribution in [2.45, 2.75) is 17.4 Å². The zero-order valence-corrected chi connectivity index (χ0v) is 15.2. The summed E-state index contributed by atoms with van der Waals surface area (Å²) >= 11 is 0. The van der Waals surface area contributed by atoms with Gasteiger partial charge in [-0.25, -0.2) is 17.9 Å². The van der Waals surface area contributed by atoms with Crippen molar-refractivity contribution in [1.29, 1.82) is 0 Å². The number of methoxy groups -OCH3 is 1. The van der Waals surface area contributed by atoms with Crippen LogP contribution >= 0.6 is 0 Å². The fraction of sp³-hybridized carbons (Fsp3) is 0.222. The summed E-state index contributed by atoms with van der Waals surface area (Å²) in [6.45, 7) is -0.420. The van der Waals surface area contributed by atoms with E-state index in [1.807, 2.05) is 0 Å². The summed E-state index contributed by atoms with van der Waals surface area (Å²) in [4.78, 5) is 23.4. The highest BCUT2D eigenvalue weighted by molar-refractivity contribution is 7.89. The molecule has 0 aliphatic carbocycles. The van der Waals surface area contributed by atoms with Crippen LogP contribution in [0, 0.1) is 0 Å². The molecule has 0 saturated heterocycles. The summed E-state index contributed by atoms with van der Waals surface area (Å²) in [7, 11) is -2.38. The number of carbonyl (C=O) groups excluding carboxylic acids is 1. The number of ether oxygens (including phenoxy) is 2. The van der Waals surface area contributed by atoms with Crippen LogP contribution in [-0.4, -0.2) is 45.0 Å². The highest BCUT2D eigenvalue weighted by Gasteiger charge is 2.29. The minimum Gasteiger partial charge on any atom is -0.497 e. The molecule has 0 fully saturated rings. The van der Waals surface area contributed by atoms with Gasteiger partial charge in [0.05, 0.1) is 18.6 Å². The maximum atomic E-state index is 12.3. The van der Waals surface area contributed by atoms with Gasteiger partial charge in [-0.2, -0.15) is 0 Å². The van der Waals surface area contributed by atoms with Crippen molar-refractivity contribution in [3.8, 4) is 11.5 Å². The highest BCUT2D eigenvalue weighted by atomic mass is 32.2. The van der Waals surface area contributed by atoms with Crippen LogP contribution < -0.4 is 14.2 Å². The van der Waals surface area contributed by atoms with Crippen molar-refractivity contribution in [2.75, 3.05) is 13.7 Å². The maximum absolute atomic E-state index is 12.3. The number of nitrogens with one attached hydrogen (secondary N) is 1. The Morgan fingerprint density at radius 1 is 1.22 bits per heavy atom. The SMILES string of the molecule is COc1ccc(S(=O)(=O)NCC(=O)c2ccc3c(c2)CC(C(=O)O)O3)cc1. The monoisotopic (exact) mass is 391 g/mol. The summed E-state index contributed by atoms with van der Waals surface area (Å²) in [5.41, 5.74) is 0.882. The lowest BCUT2D eigenvalue weighted by Gasteiger charge is -2.08. The number of Topliss-reactive ketones (excluding diaryl/α,β-unsaturated/α-hetero) is 1. The summed E-state index contributed by atoms with van der Waals surface area (Å²) in [6, 6.07) is 10.3. The molecular formula is C18H17NO7S. The molecule has 0 spiro atoms. The van der Waals surface area contributed by atoms with Gasteiger partial charge in [0.25, 0.3) is 0 Å². The molecule has 1 aliphatic rings. The fourth-order valence-electron chi connectivity index (χ4n) is 2.66. The van der Waals surface area contributed by atoms with Crippen LogP contribution in [0.4, 0.5) is 0 Å². The van der Waals surface area contributed by atoms with Gasteiger partial charge in [-0.15, -0.1) is 0 Å². The second-order valence-electron chi connectivity index (χ2n) is 5.89. The molecule has 0 aromatic heterocycles. The van der Waals surface area contributed by atoms with Crippen molar-refractivity contribution in [2.24, 2.45) is 0 Å². The molecule has 0 bridgehead atoms. The predicted molar refractivity (Wildman–Crippen MR) is 94.7 cm³/mol. The molecule has 0 radical (unpaired) electrons. The maximum Gasteiger partial charge on any atom is 0.345 e. The van der Waals surface area contributed by atoms with Crippen LogP contribution in [0.2, 0.25) is 0 Å². The summed E-state index contributed by atoms with van der Waals surface area (Å²) in [5.74, 6) is -0.581. The molecule has 0 saturated carbocycles. The normalized spacial score (nSPS) is 15.7. The van der Waals surface area contributed by atoms with Crippen molar-refractivity contribution < 1.29 is 32.6 Å². The number of aliphatic carboxylic acids is 1. The van der Waals surface area contributed by atoms with E-state index in [4.69, 9.17) is 14.6 Å². The van der Waals surface area contributed by atoms with Crippen molar-refractivity contribution in [3.63, 3.8) is 0 Å². The van der Waals surface area contributed by atoms with Crippen LogP contribution in [0.5, 0.6) is 11.5 Å². The topological polar surface area (TPSA) is 119 Å². The van der Waals surface area contributed by atoms with Gasteiger partial charge in [0, 0.05) is 12.0 Å². The third-order valence-corrected chi connectivity index (χ3v) is 5.54. The van der Waals surface area contributed by atoms with E-state index in [2.05, 4.69) is 4.72 Å². The van der Waals surface area contributed by atoms with Gasteiger partial charge >= 0.3 is 5.97 Å². The minimum atomic E-state index is -3.85. The number of sulfonamides is 1. The number of carboxylic acid groups (broad SMARTS) is 1. The number of hydrogen-bond donors (Lipinski definition) is 2. The largest absolute Gasteiger partial charge is 0.497 e. The Morgan fingerprint density at radius 2 is 1.93 bits per heavy atom. The standard InChI is InChI=1S/C18H17NO7S/c1-25-13-3-5-14(6-4-13)27(23,24)19-10-15(20)11-2-7-16-12(8-11)9-17(26-16)18(21)22/h2-8,17,19H,9-10H2,1H3,(H,21,22). The van der Waals surface area contributed by atoms with Gasteiger partial charge in [-0.1, -0.05) is 0 Å². The lowest BCUT2D eigenvalue weighted by molar-refractivity contribution is -0.144. The Balaban J connectivity index is 1.67. The zero-order valence-electron chi connectivity index (χ0n) is 14.3. The number of rotatable bonds is 7. The van der Waals surface area contributed by atoms with Gasteiger partial charge in [0.1, 0.15) is 11.5 Å². The average Bonchev–Trinajstić information content (AvgIpc) is 3.10. The van der Waals surface area contributed by atoms with E-state index >= 15 is 0 Å². The van der Waals surface area contributed by atoms with Crippen LogP contribution in [0.15, 0.2) is 47.4 Å². The van der Waals surface area contributed by atoms with Gasteiger partial charge in [0.2, 0.25) is 10.0 Å². The smallest absolute Gasteiger partial charge is 0.345 e. The molecule has 27 heavy (non-hydrogen) atoms. The molecule has 1 aliphatic heterocycles. The quantitative estimate of drug-likeness (QED) is 0.682. The second-order valence-corrected chi connectivity index (χ2v) is 7.66. The zero-order chi connectivity index (χ0) is 19.6. The van der Waals surface area contributed by atoms with Crippen molar-refractivity contribution in [1.82, 2.24) is 4.72 Å². The number of carbonyl (C=O) groups is 2. The van der Waals surface area contributed by atoms with Gasteiger partial charge < -0.3 is 14.6 Å². The molecule has 2 N–H and O–H groups in total. The van der Waals surface area contributed by atoms with E-state index in [0.717, 1.165) is 0 Å². The first-order valence-corrected chi connectivity index (χ1v) is 9.48. The first-order chi connectivity index (χ1) is 12.8. The molecule has 0 amide bonds. The van der Waals surface area contributed by atoms with Gasteiger partial charge in [-0.05, 0) is 48.0 Å². The molecule has 3 rings (SSSR count). The molecule has 9 heteroatoms. The third-order valence-electron chi connectivity index (χ3n) is 4.12. The Morgan fingerprint density at radius 3 is 2.56 bits per heavy atom. The number of hydrogen-bond acceptors (Lipinski definition) is 6. The first-order valence-electron chi connectivity index (χ1n) is 7.99. The number of carboxylic acids is 1. The van der Waals surface area contributed by atoms with Gasteiger partial charge in [0.15, 0.2) is 11.9 Å². The molecule has 2 aromatic rings. The van der Waals surface area contributed by atoms with E-state index in [-0.39, 0.29) is 16.9 Å². The summed E-state index contributed by atoms with van der Waals surface area (Å²) < 4.78 is 37.1. The number of fused-ring (bicyclic) bond motifs is 1. The van der Waals surface area contributed by atoms with E-state index < -0.39 is 34.4 Å². The van der Waals surface area contributed by atoms with E-state index in [0.29, 0.717) is 17.1 Å². The lowest BCUT2D eigenvalue weighted by Crippen LogP contribution is -2.29. The Bertz CT molecular complexity index is 983. The fourth-order valence-corrected chi connectivity index (χ4v) is 3.64. The van der Waals surface area contributed by atoms with Gasteiger partial charge in [-0.3, -0.25) is 4.79 Å². The molecule has 1 unspecified atom stereocenters. The molecular weight excluding hydrogens is 374 g/mol. The molecule has 8 nitrogen and oxygen atoms in total. The lowest BCUT2D eigenvalue weighted by atomic mass is 10.0. The van der Waals surface area contributed by atoms with E-state index in [1.54, 1.807) is 0 Å². The molecule has 1 atom stereocenters. The number of benzene rings is 2. The first kappa shape index (κ1) is 18.9. The predicted octanol–water partition coefficient (Wildman–Crippen LogP) is 1.24. The van der Waals surface area contributed by atoms with Crippen LogP contribution in [-0.2, 0) is 21.2 Å². The summed E-state index contributed by atoms with van der Waals surface area (Å²) in [6.07, 6.45) is -0.817. The Labute approximate surface area is 155 Å². The summed E-state index contributed by atoms with van der Waals surface area (Å²) in [5, 5.41) is 9.00. The van der Waals surface area contributed by atoms with Crippen LogP contribution in [0.25, 0.3) is 0 Å². The van der Waals surface area contributed by atoms with E-state index in [1.165, 1.54) is 49.6 Å². The minimum absolute atomic E-state index is 0.0164. The molecule has 1 heterocycles. The number of ketones is 1. The highest BCUT2D eigenvalue weighted by Crippen LogP contribution is 2.29. The van der Waals surface area contributed by atoms with Crippen LogP contribution in [0.1, 0.15) is 15.9 Å². The Kier molecular flexibility index (Phi) is 5.15. The molecule has 142 valence electrons. The Hall–Kier alpha value is -2.91. The van der Waals surface area contributed by atoms with Crippen molar-refractivity contribution >= 4 is 21.8 Å². The second kappa shape index (κ2) is 7.37. The molecule has 2 aromatic carbocycles. The van der Waals surface area contributed by atoms with E-state index in [9.17, 15) is 18.0 Å².